The lowest BCUT2D eigenvalue weighted by Gasteiger charge is -2.48. The first kappa shape index (κ1) is 23.4. The van der Waals surface area contributed by atoms with E-state index in [-0.39, 0.29) is 30.2 Å². The molecule has 0 bridgehead atoms. The number of aromatic nitrogens is 2. The smallest absolute Gasteiger partial charge is 0.255 e. The molecule has 196 valence electrons. The van der Waals surface area contributed by atoms with Crippen LogP contribution in [0.2, 0.25) is 0 Å². The van der Waals surface area contributed by atoms with Crippen LogP contribution in [0.3, 0.4) is 0 Å². The van der Waals surface area contributed by atoms with E-state index in [1.165, 1.54) is 17.4 Å². The molecule has 1 aromatic carbocycles. The van der Waals surface area contributed by atoms with Crippen molar-refractivity contribution in [2.24, 2.45) is 0 Å². The maximum Gasteiger partial charge on any atom is 0.255 e. The van der Waals surface area contributed by atoms with Gasteiger partial charge in [0.1, 0.15) is 23.5 Å². The fraction of sp³-hybridized carbons (Fsp3) is 0.448. The summed E-state index contributed by atoms with van der Waals surface area (Å²) < 4.78 is 6.59. The summed E-state index contributed by atoms with van der Waals surface area (Å²) in [7, 11) is 0. The van der Waals surface area contributed by atoms with E-state index in [1.54, 1.807) is 4.90 Å². The molecule has 2 aromatic heterocycles. The number of nitrogens with zero attached hydrogens (tertiary/aromatic N) is 3. The van der Waals surface area contributed by atoms with Gasteiger partial charge in [-0.25, -0.2) is 4.98 Å². The lowest BCUT2D eigenvalue weighted by atomic mass is 9.84. The number of imide groups is 1. The van der Waals surface area contributed by atoms with Gasteiger partial charge in [0.2, 0.25) is 11.8 Å². The van der Waals surface area contributed by atoms with Crippen molar-refractivity contribution in [1.29, 1.82) is 0 Å². The normalized spacial score (nSPS) is 26.4. The number of fused-ring (bicyclic) bond motifs is 2. The number of likely N-dealkylation sites (tertiary alicyclic amines) is 1. The van der Waals surface area contributed by atoms with E-state index in [0.29, 0.717) is 30.5 Å². The standard InChI is InChI=1S/C29H31N5O4/c35-26-8-7-24(28(36)32-26)34-16-17-13-19(5-6-21(17)29(34)37)38-25-4-2-1-3-23(25)33-14-18(15-33)20-9-11-30-27-22(20)10-12-31-27/h5-6,9-13,18,23-25H,1-4,7-8,14-16H2,(H,30,31)(H,32,35,36)/t23-,24+,25+/m0/s1. The van der Waals surface area contributed by atoms with Crippen LogP contribution in [-0.4, -0.2) is 68.8 Å². The Labute approximate surface area is 220 Å². The Morgan fingerprint density at radius 3 is 2.74 bits per heavy atom. The fourth-order valence-corrected chi connectivity index (χ4v) is 6.75. The molecule has 3 amide bonds. The summed E-state index contributed by atoms with van der Waals surface area (Å²) in [5.74, 6) is 0.457. The number of benzene rings is 1. The number of rotatable bonds is 5. The van der Waals surface area contributed by atoms with Crippen molar-refractivity contribution in [3.63, 3.8) is 0 Å². The highest BCUT2D eigenvalue weighted by atomic mass is 16.5. The molecule has 3 aliphatic heterocycles. The van der Waals surface area contributed by atoms with Gasteiger partial charge in [0.05, 0.1) is 0 Å². The predicted molar refractivity (Wildman–Crippen MR) is 140 cm³/mol. The number of hydrogen-bond acceptors (Lipinski definition) is 6. The number of carbonyl (C=O) groups is 3. The van der Waals surface area contributed by atoms with Gasteiger partial charge >= 0.3 is 0 Å². The Morgan fingerprint density at radius 2 is 1.87 bits per heavy atom. The zero-order chi connectivity index (χ0) is 25.8. The number of H-pyrrole nitrogens is 1. The highest BCUT2D eigenvalue weighted by molar-refractivity contribution is 6.05. The van der Waals surface area contributed by atoms with Gasteiger partial charge in [0.15, 0.2) is 0 Å². The highest BCUT2D eigenvalue weighted by Crippen LogP contribution is 2.38. The third kappa shape index (κ3) is 3.96. The Hall–Kier alpha value is -3.72. The van der Waals surface area contributed by atoms with E-state index in [9.17, 15) is 14.4 Å². The molecule has 0 spiro atoms. The molecule has 2 saturated heterocycles. The molecule has 38 heavy (non-hydrogen) atoms. The van der Waals surface area contributed by atoms with Crippen LogP contribution in [0.4, 0.5) is 0 Å². The Balaban J connectivity index is 1.03. The molecule has 2 N–H and O–H groups in total. The SMILES string of the molecule is O=C1CC[C@@H](N2Cc3cc(O[C@@H]4CCCC[C@@H]4N4CC(c5ccnc6[nH]ccc56)C4)ccc3C2=O)C(=O)N1. The minimum Gasteiger partial charge on any atom is -0.489 e. The number of hydrogen-bond donors (Lipinski definition) is 2. The zero-order valence-electron chi connectivity index (χ0n) is 21.2. The molecule has 3 aromatic rings. The molecule has 1 saturated carbocycles. The first-order valence-electron chi connectivity index (χ1n) is 13.7. The molecule has 1 aliphatic carbocycles. The van der Waals surface area contributed by atoms with Crippen LogP contribution >= 0.6 is 0 Å². The number of carbonyl (C=O) groups excluding carboxylic acids is 3. The van der Waals surface area contributed by atoms with Crippen LogP contribution in [0.15, 0.2) is 42.7 Å². The first-order chi connectivity index (χ1) is 18.5. The molecule has 9 heteroatoms. The summed E-state index contributed by atoms with van der Waals surface area (Å²) in [5.41, 5.74) is 3.80. The van der Waals surface area contributed by atoms with Gasteiger partial charge < -0.3 is 14.6 Å². The zero-order valence-corrected chi connectivity index (χ0v) is 21.2. The largest absolute Gasteiger partial charge is 0.489 e. The third-order valence-electron chi connectivity index (χ3n) is 8.76. The van der Waals surface area contributed by atoms with Crippen molar-refractivity contribution < 1.29 is 19.1 Å². The minimum atomic E-state index is -0.605. The van der Waals surface area contributed by atoms with Crippen molar-refractivity contribution in [2.45, 2.75) is 69.2 Å². The Kier molecular flexibility index (Phi) is 5.69. The average Bonchev–Trinajstić information content (AvgIpc) is 3.49. The topological polar surface area (TPSA) is 108 Å². The second-order valence-electron chi connectivity index (χ2n) is 11.0. The van der Waals surface area contributed by atoms with Crippen LogP contribution in [0.5, 0.6) is 5.75 Å². The number of pyridine rings is 1. The third-order valence-corrected chi connectivity index (χ3v) is 8.76. The fourth-order valence-electron chi connectivity index (χ4n) is 6.75. The van der Waals surface area contributed by atoms with Crippen LogP contribution < -0.4 is 10.1 Å². The second kappa shape index (κ2) is 9.23. The number of amides is 3. The maximum absolute atomic E-state index is 13.0. The van der Waals surface area contributed by atoms with Gasteiger partial charge in [0.25, 0.3) is 5.91 Å². The Morgan fingerprint density at radius 1 is 1.00 bits per heavy atom. The Bertz CT molecular complexity index is 1430. The number of aromatic amines is 1. The number of nitrogens with one attached hydrogen (secondary N) is 2. The van der Waals surface area contributed by atoms with Crippen LogP contribution in [-0.2, 0) is 16.1 Å². The van der Waals surface area contributed by atoms with Gasteiger partial charge in [-0.2, -0.15) is 0 Å². The molecule has 5 heterocycles. The van der Waals surface area contributed by atoms with Crippen molar-refractivity contribution in [1.82, 2.24) is 25.1 Å². The minimum absolute atomic E-state index is 0.107. The van der Waals surface area contributed by atoms with E-state index < -0.39 is 6.04 Å². The van der Waals surface area contributed by atoms with Gasteiger partial charge in [-0.3, -0.25) is 24.6 Å². The van der Waals surface area contributed by atoms with Gasteiger partial charge in [-0.1, -0.05) is 6.42 Å². The summed E-state index contributed by atoms with van der Waals surface area (Å²) in [6.07, 6.45) is 9.08. The van der Waals surface area contributed by atoms with Crippen LogP contribution in [0, 0.1) is 0 Å². The van der Waals surface area contributed by atoms with E-state index >= 15 is 0 Å². The summed E-state index contributed by atoms with van der Waals surface area (Å²) in [4.78, 5) is 48.7. The molecule has 7 rings (SSSR count). The van der Waals surface area contributed by atoms with Gasteiger partial charge in [0, 0.05) is 61.4 Å². The maximum atomic E-state index is 13.0. The van der Waals surface area contributed by atoms with Crippen molar-refractivity contribution in [3.05, 3.63) is 59.4 Å². The van der Waals surface area contributed by atoms with Crippen LogP contribution in [0.25, 0.3) is 11.0 Å². The van der Waals surface area contributed by atoms with Crippen molar-refractivity contribution in [3.8, 4) is 5.75 Å². The van der Waals surface area contributed by atoms with Gasteiger partial charge in [-0.05, 0) is 67.1 Å². The van der Waals surface area contributed by atoms with E-state index in [4.69, 9.17) is 4.74 Å². The quantitative estimate of drug-likeness (QED) is 0.508. The molecular weight excluding hydrogens is 482 g/mol. The lowest BCUT2D eigenvalue weighted by Crippen LogP contribution is -2.57. The predicted octanol–water partition coefficient (Wildman–Crippen LogP) is 3.11. The average molecular weight is 514 g/mol. The summed E-state index contributed by atoms with van der Waals surface area (Å²) >= 11 is 0. The molecular formula is C29H31N5O4. The monoisotopic (exact) mass is 513 g/mol. The van der Waals surface area contributed by atoms with Crippen LogP contribution in [0.1, 0.15) is 65.9 Å². The highest BCUT2D eigenvalue weighted by Gasteiger charge is 2.41. The lowest BCUT2D eigenvalue weighted by molar-refractivity contribution is -0.136. The molecule has 4 aliphatic rings. The summed E-state index contributed by atoms with van der Waals surface area (Å²) in [6, 6.07) is 9.70. The molecule has 3 fully saturated rings. The molecule has 0 radical (unpaired) electrons. The van der Waals surface area contributed by atoms with Crippen molar-refractivity contribution in [2.75, 3.05) is 13.1 Å². The van der Waals surface area contributed by atoms with E-state index in [0.717, 1.165) is 49.3 Å². The van der Waals surface area contributed by atoms with E-state index in [1.807, 2.05) is 30.6 Å². The summed E-state index contributed by atoms with van der Waals surface area (Å²) in [6.45, 7) is 2.40. The van der Waals surface area contributed by atoms with Crippen molar-refractivity contribution >= 4 is 28.8 Å². The molecule has 3 atom stereocenters. The number of piperidine rings is 1. The number of ether oxygens (including phenoxy) is 1. The summed E-state index contributed by atoms with van der Waals surface area (Å²) in [5, 5.41) is 3.58. The second-order valence-corrected chi connectivity index (χ2v) is 11.0. The first-order valence-corrected chi connectivity index (χ1v) is 13.7. The molecule has 9 nitrogen and oxygen atoms in total. The van der Waals surface area contributed by atoms with E-state index in [2.05, 4.69) is 32.3 Å². The van der Waals surface area contributed by atoms with Gasteiger partial charge in [-0.15, -0.1) is 0 Å². The molecule has 0 unspecified atom stereocenters.